The van der Waals surface area contributed by atoms with Gasteiger partial charge >= 0.3 is 0 Å². The molecule has 0 aliphatic heterocycles. The number of aromatic nitrogens is 2. The van der Waals surface area contributed by atoms with E-state index >= 15 is 0 Å². The van der Waals surface area contributed by atoms with Crippen LogP contribution in [-0.2, 0) is 12.2 Å². The average molecular weight is 403 g/mol. The van der Waals surface area contributed by atoms with E-state index in [9.17, 15) is 4.39 Å². The van der Waals surface area contributed by atoms with Crippen LogP contribution in [0.3, 0.4) is 0 Å². The summed E-state index contributed by atoms with van der Waals surface area (Å²) >= 11 is 3.76. The number of thioether (sulfide) groups is 1. The first kappa shape index (κ1) is 15.5. The van der Waals surface area contributed by atoms with Crippen molar-refractivity contribution in [2.45, 2.75) is 30.4 Å². The van der Waals surface area contributed by atoms with Crippen LogP contribution in [0.15, 0.2) is 29.2 Å². The van der Waals surface area contributed by atoms with E-state index in [1.807, 2.05) is 0 Å². The molecule has 6 heteroatoms. The highest BCUT2D eigenvalue weighted by atomic mass is 127. The van der Waals surface area contributed by atoms with Crippen molar-refractivity contribution in [3.63, 3.8) is 0 Å². The number of aryl methyl sites for hydroxylation is 1. The Morgan fingerprint density at radius 3 is 2.60 bits per heavy atom. The monoisotopic (exact) mass is 403 g/mol. The second kappa shape index (κ2) is 7.21. The van der Waals surface area contributed by atoms with Crippen LogP contribution in [0.2, 0.25) is 0 Å². The number of nitrogen functional groups attached to an aromatic ring is 1. The molecular formula is C14H15FIN3S. The molecule has 0 aliphatic carbocycles. The number of nitrogens with zero attached hydrogens (tertiary/aromatic N) is 2. The van der Waals surface area contributed by atoms with E-state index < -0.39 is 0 Å². The minimum absolute atomic E-state index is 0.227. The lowest BCUT2D eigenvalue weighted by molar-refractivity contribution is 0.626. The van der Waals surface area contributed by atoms with Gasteiger partial charge in [0.25, 0.3) is 0 Å². The second-order valence-electron chi connectivity index (χ2n) is 4.28. The Morgan fingerprint density at radius 1 is 1.25 bits per heavy atom. The fourth-order valence-electron chi connectivity index (χ4n) is 1.71. The highest BCUT2D eigenvalue weighted by Gasteiger charge is 2.09. The number of anilines is 1. The van der Waals surface area contributed by atoms with Gasteiger partial charge in [0.1, 0.15) is 17.5 Å². The maximum Gasteiger partial charge on any atom is 0.141 e. The molecule has 0 saturated carbocycles. The molecule has 0 unspecified atom stereocenters. The molecule has 2 N–H and O–H groups in total. The maximum atomic E-state index is 12.8. The van der Waals surface area contributed by atoms with Crippen LogP contribution in [0.4, 0.5) is 10.2 Å². The summed E-state index contributed by atoms with van der Waals surface area (Å²) in [6, 6.07) is 6.41. The zero-order valence-corrected chi connectivity index (χ0v) is 14.0. The summed E-state index contributed by atoms with van der Waals surface area (Å²) in [5.41, 5.74) is 6.93. The van der Waals surface area contributed by atoms with Gasteiger partial charge in [-0.3, -0.25) is 0 Å². The van der Waals surface area contributed by atoms with Gasteiger partial charge in [0, 0.05) is 4.90 Å². The molecule has 2 aromatic rings. The van der Waals surface area contributed by atoms with Crippen LogP contribution in [0.5, 0.6) is 0 Å². The Hall–Kier alpha value is -0.890. The third-order valence-corrected chi connectivity index (χ3v) is 4.84. The van der Waals surface area contributed by atoms with E-state index in [-0.39, 0.29) is 5.82 Å². The summed E-state index contributed by atoms with van der Waals surface area (Å²) in [5.74, 6) is 1.66. The third-order valence-electron chi connectivity index (χ3n) is 2.66. The summed E-state index contributed by atoms with van der Waals surface area (Å²) < 4.78 is 13.8. The first-order valence-electron chi connectivity index (χ1n) is 6.29. The zero-order valence-electron chi connectivity index (χ0n) is 11.1. The molecule has 1 aromatic carbocycles. The van der Waals surface area contributed by atoms with Crippen molar-refractivity contribution in [3.05, 3.63) is 45.2 Å². The van der Waals surface area contributed by atoms with Crippen molar-refractivity contribution < 1.29 is 4.39 Å². The van der Waals surface area contributed by atoms with Crippen molar-refractivity contribution in [1.82, 2.24) is 9.97 Å². The van der Waals surface area contributed by atoms with Gasteiger partial charge in [0.05, 0.1) is 15.0 Å². The Kier molecular flexibility index (Phi) is 5.59. The van der Waals surface area contributed by atoms with Crippen molar-refractivity contribution >= 4 is 40.2 Å². The van der Waals surface area contributed by atoms with Gasteiger partial charge < -0.3 is 5.73 Å². The average Bonchev–Trinajstić information content (AvgIpc) is 2.44. The van der Waals surface area contributed by atoms with Gasteiger partial charge in [-0.15, -0.1) is 11.8 Å². The topological polar surface area (TPSA) is 51.8 Å². The highest BCUT2D eigenvalue weighted by molar-refractivity contribution is 14.1. The van der Waals surface area contributed by atoms with E-state index in [0.29, 0.717) is 11.6 Å². The lowest BCUT2D eigenvalue weighted by Crippen LogP contribution is -2.06. The molecule has 0 spiro atoms. The summed E-state index contributed by atoms with van der Waals surface area (Å²) in [4.78, 5) is 9.86. The number of hydrogen-bond acceptors (Lipinski definition) is 4. The molecule has 3 nitrogen and oxygen atoms in total. The molecule has 0 radical (unpaired) electrons. The molecule has 0 bridgehead atoms. The predicted octanol–water partition coefficient (Wildman–Crippen LogP) is 4.05. The van der Waals surface area contributed by atoms with E-state index in [1.54, 1.807) is 23.9 Å². The fourth-order valence-corrected chi connectivity index (χ4v) is 2.98. The first-order valence-corrected chi connectivity index (χ1v) is 8.35. The number of nitrogens with two attached hydrogens (primary N) is 1. The molecule has 1 heterocycles. The van der Waals surface area contributed by atoms with Gasteiger partial charge in [-0.05, 0) is 53.3 Å². The molecule has 0 fully saturated rings. The molecule has 0 saturated heterocycles. The van der Waals surface area contributed by atoms with Crippen LogP contribution < -0.4 is 5.73 Å². The summed E-state index contributed by atoms with van der Waals surface area (Å²) in [7, 11) is 0. The van der Waals surface area contributed by atoms with Crippen molar-refractivity contribution in [3.8, 4) is 0 Å². The van der Waals surface area contributed by atoms with Gasteiger partial charge in [-0.25, -0.2) is 14.4 Å². The molecule has 0 amide bonds. The molecular weight excluding hydrogens is 388 g/mol. The van der Waals surface area contributed by atoms with E-state index in [1.165, 1.54) is 12.1 Å². The Morgan fingerprint density at radius 2 is 1.95 bits per heavy atom. The predicted molar refractivity (Wildman–Crippen MR) is 89.1 cm³/mol. The summed E-state index contributed by atoms with van der Waals surface area (Å²) in [6.45, 7) is 2.11. The van der Waals surface area contributed by atoms with Gasteiger partial charge in [0.15, 0.2) is 0 Å². The summed E-state index contributed by atoms with van der Waals surface area (Å²) in [6.07, 6.45) is 1.93. The number of benzene rings is 1. The van der Waals surface area contributed by atoms with Gasteiger partial charge in [-0.2, -0.15) is 0 Å². The number of hydrogen-bond donors (Lipinski definition) is 1. The van der Waals surface area contributed by atoms with Crippen LogP contribution in [0.25, 0.3) is 0 Å². The Balaban J connectivity index is 2.11. The lowest BCUT2D eigenvalue weighted by atomic mass is 10.2. The Bertz CT molecular complexity index is 590. The van der Waals surface area contributed by atoms with E-state index in [4.69, 9.17) is 5.73 Å². The van der Waals surface area contributed by atoms with Crippen molar-refractivity contribution in [1.29, 1.82) is 0 Å². The van der Waals surface area contributed by atoms with Crippen molar-refractivity contribution in [2.24, 2.45) is 0 Å². The number of halogens is 2. The van der Waals surface area contributed by atoms with Crippen LogP contribution in [0, 0.1) is 9.39 Å². The maximum absolute atomic E-state index is 12.8. The van der Waals surface area contributed by atoms with E-state index in [0.717, 1.165) is 32.8 Å². The van der Waals surface area contributed by atoms with Gasteiger partial charge in [0.2, 0.25) is 0 Å². The third kappa shape index (κ3) is 4.05. The normalized spacial score (nSPS) is 10.8. The highest BCUT2D eigenvalue weighted by Crippen LogP contribution is 2.24. The fraction of sp³-hybridized carbons (Fsp3) is 0.286. The Labute approximate surface area is 135 Å². The quantitative estimate of drug-likeness (QED) is 0.605. The van der Waals surface area contributed by atoms with Gasteiger partial charge in [-0.1, -0.05) is 13.3 Å². The first-order chi connectivity index (χ1) is 9.60. The standard InChI is InChI=1S/C14H15FIN3S/c1-2-3-11-13(16)14(17)19-12(18-11)8-20-10-6-4-9(15)5-7-10/h4-7H,2-3,8H2,1H3,(H2,17,18,19). The minimum atomic E-state index is -0.227. The molecule has 2 rings (SSSR count). The molecule has 106 valence electrons. The second-order valence-corrected chi connectivity index (χ2v) is 6.41. The van der Waals surface area contributed by atoms with E-state index in [2.05, 4.69) is 39.5 Å². The molecule has 0 aliphatic rings. The minimum Gasteiger partial charge on any atom is -0.383 e. The van der Waals surface area contributed by atoms with Crippen LogP contribution >= 0.6 is 34.4 Å². The largest absolute Gasteiger partial charge is 0.383 e. The lowest BCUT2D eigenvalue weighted by Gasteiger charge is -2.08. The SMILES string of the molecule is CCCc1nc(CSc2ccc(F)cc2)nc(N)c1I. The number of rotatable bonds is 5. The van der Waals surface area contributed by atoms with Crippen molar-refractivity contribution in [2.75, 3.05) is 5.73 Å². The summed E-state index contributed by atoms with van der Waals surface area (Å²) in [5, 5.41) is 0. The van der Waals surface area contributed by atoms with Crippen LogP contribution in [0.1, 0.15) is 24.9 Å². The smallest absolute Gasteiger partial charge is 0.141 e. The van der Waals surface area contributed by atoms with Crippen LogP contribution in [-0.4, -0.2) is 9.97 Å². The molecule has 20 heavy (non-hydrogen) atoms. The zero-order chi connectivity index (χ0) is 14.5. The molecule has 0 atom stereocenters. The molecule has 1 aromatic heterocycles.